The van der Waals surface area contributed by atoms with Crippen molar-refractivity contribution in [2.24, 2.45) is 0 Å². The SMILES string of the molecule is O=C(CCc1ncc(-c2ccccc2Cl)o1)Nc1ccc(-c2ncc[nH]2)cc1. The second kappa shape index (κ2) is 8.10. The molecule has 0 radical (unpaired) electrons. The Morgan fingerprint density at radius 3 is 2.68 bits per heavy atom. The van der Waals surface area contributed by atoms with E-state index in [4.69, 9.17) is 16.0 Å². The van der Waals surface area contributed by atoms with Crippen molar-refractivity contribution in [3.63, 3.8) is 0 Å². The van der Waals surface area contributed by atoms with Crippen molar-refractivity contribution in [3.05, 3.63) is 78.0 Å². The molecule has 1 amide bonds. The van der Waals surface area contributed by atoms with Gasteiger partial charge in [-0.15, -0.1) is 0 Å². The molecule has 0 spiro atoms. The first-order valence-electron chi connectivity index (χ1n) is 8.78. The molecule has 28 heavy (non-hydrogen) atoms. The van der Waals surface area contributed by atoms with E-state index in [0.29, 0.717) is 23.1 Å². The first kappa shape index (κ1) is 18.0. The molecule has 140 valence electrons. The van der Waals surface area contributed by atoms with Crippen LogP contribution in [-0.4, -0.2) is 20.9 Å². The van der Waals surface area contributed by atoms with Gasteiger partial charge >= 0.3 is 0 Å². The largest absolute Gasteiger partial charge is 0.441 e. The van der Waals surface area contributed by atoms with E-state index in [-0.39, 0.29) is 12.3 Å². The third-order valence-corrected chi connectivity index (χ3v) is 4.53. The van der Waals surface area contributed by atoms with Gasteiger partial charge in [-0.3, -0.25) is 4.79 Å². The van der Waals surface area contributed by atoms with Crippen LogP contribution in [0.4, 0.5) is 5.69 Å². The molecule has 0 atom stereocenters. The highest BCUT2D eigenvalue weighted by Crippen LogP contribution is 2.28. The summed E-state index contributed by atoms with van der Waals surface area (Å²) < 4.78 is 5.72. The van der Waals surface area contributed by atoms with Gasteiger partial charge in [-0.2, -0.15) is 0 Å². The minimum absolute atomic E-state index is 0.108. The average molecular weight is 393 g/mol. The Balaban J connectivity index is 1.33. The zero-order valence-corrected chi connectivity index (χ0v) is 15.6. The maximum atomic E-state index is 12.2. The maximum Gasteiger partial charge on any atom is 0.224 e. The van der Waals surface area contributed by atoms with Crippen LogP contribution in [-0.2, 0) is 11.2 Å². The minimum atomic E-state index is -0.108. The number of aromatic nitrogens is 3. The van der Waals surface area contributed by atoms with Crippen molar-refractivity contribution in [1.82, 2.24) is 15.0 Å². The summed E-state index contributed by atoms with van der Waals surface area (Å²) in [5.74, 6) is 1.77. The Hall–Kier alpha value is -3.38. The summed E-state index contributed by atoms with van der Waals surface area (Å²) in [7, 11) is 0. The number of hydrogen-bond donors (Lipinski definition) is 2. The summed E-state index contributed by atoms with van der Waals surface area (Å²) in [6.45, 7) is 0. The van der Waals surface area contributed by atoms with Crippen LogP contribution < -0.4 is 5.32 Å². The van der Waals surface area contributed by atoms with Crippen LogP contribution in [0.1, 0.15) is 12.3 Å². The van der Waals surface area contributed by atoms with Gasteiger partial charge in [0.2, 0.25) is 5.91 Å². The lowest BCUT2D eigenvalue weighted by Gasteiger charge is -2.05. The van der Waals surface area contributed by atoms with Crippen molar-refractivity contribution >= 4 is 23.2 Å². The topological polar surface area (TPSA) is 83.8 Å². The van der Waals surface area contributed by atoms with E-state index >= 15 is 0 Å². The Labute approximate surface area is 166 Å². The van der Waals surface area contributed by atoms with E-state index in [0.717, 1.165) is 22.6 Å². The molecule has 6 nitrogen and oxygen atoms in total. The average Bonchev–Trinajstić information content (AvgIpc) is 3.40. The molecular weight excluding hydrogens is 376 g/mol. The zero-order chi connectivity index (χ0) is 19.3. The van der Waals surface area contributed by atoms with Crippen LogP contribution in [0.5, 0.6) is 0 Å². The second-order valence-electron chi connectivity index (χ2n) is 6.16. The number of aryl methyl sites for hydroxylation is 1. The summed E-state index contributed by atoms with van der Waals surface area (Å²) in [4.78, 5) is 23.7. The number of H-pyrrole nitrogens is 1. The number of aromatic amines is 1. The first-order valence-corrected chi connectivity index (χ1v) is 9.16. The summed E-state index contributed by atoms with van der Waals surface area (Å²) in [6, 6.07) is 14.9. The number of hydrogen-bond acceptors (Lipinski definition) is 4. The van der Waals surface area contributed by atoms with Crippen LogP contribution in [0.2, 0.25) is 5.02 Å². The molecule has 0 aliphatic carbocycles. The number of anilines is 1. The molecule has 2 aromatic carbocycles. The Bertz CT molecular complexity index is 1070. The third kappa shape index (κ3) is 4.13. The predicted molar refractivity (Wildman–Crippen MR) is 108 cm³/mol. The lowest BCUT2D eigenvalue weighted by atomic mass is 10.2. The van der Waals surface area contributed by atoms with Crippen LogP contribution >= 0.6 is 11.6 Å². The van der Waals surface area contributed by atoms with Gasteiger partial charge in [0.15, 0.2) is 11.7 Å². The van der Waals surface area contributed by atoms with Crippen molar-refractivity contribution in [1.29, 1.82) is 0 Å². The number of amides is 1. The van der Waals surface area contributed by atoms with Crippen LogP contribution in [0, 0.1) is 0 Å². The summed E-state index contributed by atoms with van der Waals surface area (Å²) in [5, 5.41) is 3.47. The quantitative estimate of drug-likeness (QED) is 0.486. The van der Waals surface area contributed by atoms with Gasteiger partial charge in [-0.05, 0) is 36.4 Å². The smallest absolute Gasteiger partial charge is 0.224 e. The molecule has 4 aromatic rings. The minimum Gasteiger partial charge on any atom is -0.441 e. The molecule has 2 N–H and O–H groups in total. The molecule has 2 heterocycles. The van der Waals surface area contributed by atoms with E-state index in [1.54, 1.807) is 24.7 Å². The maximum absolute atomic E-state index is 12.2. The Morgan fingerprint density at radius 1 is 1.11 bits per heavy atom. The van der Waals surface area contributed by atoms with Crippen molar-refractivity contribution in [2.45, 2.75) is 12.8 Å². The van der Waals surface area contributed by atoms with Gasteiger partial charge in [-0.1, -0.05) is 23.7 Å². The second-order valence-corrected chi connectivity index (χ2v) is 6.57. The zero-order valence-electron chi connectivity index (χ0n) is 14.9. The van der Waals surface area contributed by atoms with Crippen molar-refractivity contribution in [3.8, 4) is 22.7 Å². The number of halogens is 1. The van der Waals surface area contributed by atoms with Crippen molar-refractivity contribution < 1.29 is 9.21 Å². The number of nitrogens with zero attached hydrogens (tertiary/aromatic N) is 2. The molecule has 2 aromatic heterocycles. The van der Waals surface area contributed by atoms with Gasteiger partial charge in [0.05, 0.1) is 11.2 Å². The summed E-state index contributed by atoms with van der Waals surface area (Å²) in [6.07, 6.45) is 5.76. The van der Waals surface area contributed by atoms with Gasteiger partial charge in [-0.25, -0.2) is 9.97 Å². The molecule has 4 rings (SSSR count). The molecule has 0 bridgehead atoms. The highest BCUT2D eigenvalue weighted by atomic mass is 35.5. The fourth-order valence-corrected chi connectivity index (χ4v) is 3.02. The van der Waals surface area contributed by atoms with Gasteiger partial charge in [0.25, 0.3) is 0 Å². The fourth-order valence-electron chi connectivity index (χ4n) is 2.79. The number of carbonyl (C=O) groups excluding carboxylic acids is 1. The molecular formula is C21H17ClN4O2. The molecule has 0 aliphatic heterocycles. The molecule has 0 fully saturated rings. The molecule has 0 unspecified atom stereocenters. The first-order chi connectivity index (χ1) is 13.7. The van der Waals surface area contributed by atoms with Crippen molar-refractivity contribution in [2.75, 3.05) is 5.32 Å². The normalized spacial score (nSPS) is 10.8. The summed E-state index contributed by atoms with van der Waals surface area (Å²) >= 11 is 6.17. The molecule has 0 saturated heterocycles. The number of nitrogens with one attached hydrogen (secondary N) is 2. The number of imidazole rings is 1. The lowest BCUT2D eigenvalue weighted by molar-refractivity contribution is -0.116. The van der Waals surface area contributed by atoms with E-state index in [1.165, 1.54) is 0 Å². The Morgan fingerprint density at radius 2 is 1.93 bits per heavy atom. The monoisotopic (exact) mass is 392 g/mol. The highest BCUT2D eigenvalue weighted by molar-refractivity contribution is 6.33. The summed E-state index contributed by atoms with van der Waals surface area (Å²) in [5.41, 5.74) is 2.46. The molecule has 0 aliphatic rings. The van der Waals surface area contributed by atoms with E-state index in [9.17, 15) is 4.79 Å². The van der Waals surface area contributed by atoms with Crippen LogP contribution in [0.15, 0.2) is 71.5 Å². The van der Waals surface area contributed by atoms with Crippen LogP contribution in [0.25, 0.3) is 22.7 Å². The molecule has 7 heteroatoms. The number of benzene rings is 2. The van der Waals surface area contributed by atoms with E-state index in [2.05, 4.69) is 20.3 Å². The lowest BCUT2D eigenvalue weighted by Crippen LogP contribution is -2.12. The van der Waals surface area contributed by atoms with Gasteiger partial charge < -0.3 is 14.7 Å². The standard InChI is InChI=1S/C21H17ClN4O2/c22-17-4-2-1-3-16(17)18-13-25-20(28-18)10-9-19(27)26-15-7-5-14(6-8-15)21-23-11-12-24-21/h1-8,11-13H,9-10H2,(H,23,24)(H,26,27). The predicted octanol–water partition coefficient (Wildman–Crippen LogP) is 4.96. The fraction of sp³-hybridized carbons (Fsp3) is 0.0952. The van der Waals surface area contributed by atoms with E-state index < -0.39 is 0 Å². The number of carbonyl (C=O) groups is 1. The number of oxazole rings is 1. The van der Waals surface area contributed by atoms with Gasteiger partial charge in [0, 0.05) is 42.0 Å². The highest BCUT2D eigenvalue weighted by Gasteiger charge is 2.11. The number of rotatable bonds is 6. The Kier molecular flexibility index (Phi) is 5.21. The third-order valence-electron chi connectivity index (χ3n) is 4.20. The van der Waals surface area contributed by atoms with Gasteiger partial charge in [0.1, 0.15) is 5.82 Å². The molecule has 0 saturated carbocycles. The van der Waals surface area contributed by atoms with Crippen LogP contribution in [0.3, 0.4) is 0 Å². The van der Waals surface area contributed by atoms with E-state index in [1.807, 2.05) is 42.5 Å².